The first-order valence-electron chi connectivity index (χ1n) is 7.52. The molecule has 1 aromatic carbocycles. The molecule has 0 saturated heterocycles. The van der Waals surface area contributed by atoms with Crippen LogP contribution < -0.4 is 10.2 Å². The molecule has 21 heavy (non-hydrogen) atoms. The summed E-state index contributed by atoms with van der Waals surface area (Å²) in [4.78, 5) is 1.96. The van der Waals surface area contributed by atoms with Crippen LogP contribution in [-0.4, -0.2) is 45.1 Å². The lowest BCUT2D eigenvalue weighted by Crippen LogP contribution is -2.32. The van der Waals surface area contributed by atoms with Crippen LogP contribution in [0.15, 0.2) is 18.2 Å². The largest absolute Gasteiger partial charge is 0.395 e. The van der Waals surface area contributed by atoms with Crippen molar-refractivity contribution in [3.63, 3.8) is 0 Å². The zero-order chi connectivity index (χ0) is 15.7. The molecule has 0 heterocycles. The predicted molar refractivity (Wildman–Crippen MR) is 84.3 cm³/mol. The van der Waals surface area contributed by atoms with Gasteiger partial charge in [-0.15, -0.1) is 0 Å². The number of anilines is 1. The fourth-order valence-electron chi connectivity index (χ4n) is 2.37. The smallest absolute Gasteiger partial charge is 0.130 e. The van der Waals surface area contributed by atoms with Gasteiger partial charge in [0.1, 0.15) is 5.82 Å². The summed E-state index contributed by atoms with van der Waals surface area (Å²) >= 11 is 0. The first-order chi connectivity index (χ1) is 10.2. The molecular formula is C16H27FN2O2. The van der Waals surface area contributed by atoms with E-state index >= 15 is 0 Å². The van der Waals surface area contributed by atoms with Crippen LogP contribution >= 0.6 is 0 Å². The zero-order valence-corrected chi connectivity index (χ0v) is 13.2. The van der Waals surface area contributed by atoms with Crippen molar-refractivity contribution in [2.24, 2.45) is 0 Å². The number of ether oxygens (including phenoxy) is 1. The lowest BCUT2D eigenvalue weighted by molar-refractivity contribution is 0.202. The zero-order valence-electron chi connectivity index (χ0n) is 13.2. The van der Waals surface area contributed by atoms with Gasteiger partial charge >= 0.3 is 0 Å². The van der Waals surface area contributed by atoms with E-state index in [1.54, 1.807) is 13.2 Å². The number of nitrogens with one attached hydrogen (secondary N) is 1. The molecule has 0 fully saturated rings. The highest BCUT2D eigenvalue weighted by atomic mass is 19.1. The van der Waals surface area contributed by atoms with Gasteiger partial charge in [0.2, 0.25) is 0 Å². The molecular weight excluding hydrogens is 271 g/mol. The van der Waals surface area contributed by atoms with E-state index in [9.17, 15) is 9.50 Å². The van der Waals surface area contributed by atoms with Gasteiger partial charge in [-0.05, 0) is 32.0 Å². The third kappa shape index (κ3) is 5.26. The van der Waals surface area contributed by atoms with Crippen molar-refractivity contribution in [3.8, 4) is 0 Å². The van der Waals surface area contributed by atoms with Crippen LogP contribution in [0.1, 0.15) is 31.9 Å². The second-order valence-corrected chi connectivity index (χ2v) is 5.05. The normalized spacial score (nSPS) is 12.4. The number of rotatable bonds is 10. The average Bonchev–Trinajstić information content (AvgIpc) is 2.48. The van der Waals surface area contributed by atoms with E-state index in [0.717, 1.165) is 18.7 Å². The van der Waals surface area contributed by atoms with Gasteiger partial charge in [0, 0.05) is 37.5 Å². The van der Waals surface area contributed by atoms with Crippen molar-refractivity contribution in [2.45, 2.75) is 26.3 Å². The summed E-state index contributed by atoms with van der Waals surface area (Å²) in [5.41, 5.74) is 1.47. The molecule has 2 N–H and O–H groups in total. The molecule has 0 saturated carbocycles. The highest BCUT2D eigenvalue weighted by Gasteiger charge is 2.19. The molecule has 0 aromatic heterocycles. The van der Waals surface area contributed by atoms with E-state index in [-0.39, 0.29) is 18.5 Å². The Hall–Kier alpha value is -1.17. The summed E-state index contributed by atoms with van der Waals surface area (Å²) in [6, 6.07) is 5.01. The van der Waals surface area contributed by atoms with Crippen LogP contribution in [-0.2, 0) is 4.74 Å². The van der Waals surface area contributed by atoms with Crippen LogP contribution in [0, 0.1) is 5.82 Å². The first-order valence-corrected chi connectivity index (χ1v) is 7.52. The van der Waals surface area contributed by atoms with Crippen LogP contribution in [0.5, 0.6) is 0 Å². The van der Waals surface area contributed by atoms with Gasteiger partial charge in [0.15, 0.2) is 0 Å². The van der Waals surface area contributed by atoms with Gasteiger partial charge in [0.25, 0.3) is 0 Å². The summed E-state index contributed by atoms with van der Waals surface area (Å²) in [5.74, 6) is -0.219. The monoisotopic (exact) mass is 298 g/mol. The summed E-state index contributed by atoms with van der Waals surface area (Å²) < 4.78 is 19.4. The average molecular weight is 298 g/mol. The minimum atomic E-state index is -0.219. The number of nitrogens with zero attached hydrogens (tertiary/aromatic N) is 1. The Morgan fingerprint density at radius 2 is 2.14 bits per heavy atom. The molecule has 0 bridgehead atoms. The van der Waals surface area contributed by atoms with Gasteiger partial charge in [0.05, 0.1) is 13.2 Å². The molecule has 0 radical (unpaired) electrons. The Labute approximate surface area is 126 Å². The van der Waals surface area contributed by atoms with Gasteiger partial charge in [-0.3, -0.25) is 0 Å². The predicted octanol–water partition coefficient (Wildman–Crippen LogP) is 2.33. The Morgan fingerprint density at radius 1 is 1.38 bits per heavy atom. The van der Waals surface area contributed by atoms with Gasteiger partial charge < -0.3 is 20.1 Å². The van der Waals surface area contributed by atoms with Crippen molar-refractivity contribution < 1.29 is 14.2 Å². The minimum Gasteiger partial charge on any atom is -0.395 e. The van der Waals surface area contributed by atoms with E-state index in [0.29, 0.717) is 25.3 Å². The summed E-state index contributed by atoms with van der Waals surface area (Å²) in [5, 5.41) is 12.6. The molecule has 1 rings (SSSR count). The minimum absolute atomic E-state index is 0.0242. The molecule has 0 aliphatic carbocycles. The molecule has 0 aliphatic rings. The Balaban J connectivity index is 3.04. The van der Waals surface area contributed by atoms with Crippen molar-refractivity contribution in [2.75, 3.05) is 44.9 Å². The molecule has 1 atom stereocenters. The fraction of sp³-hybridized carbons (Fsp3) is 0.625. The highest BCUT2D eigenvalue weighted by Crippen LogP contribution is 2.29. The van der Waals surface area contributed by atoms with Crippen molar-refractivity contribution in [1.29, 1.82) is 0 Å². The number of hydrogen-bond donors (Lipinski definition) is 2. The second kappa shape index (κ2) is 9.71. The van der Waals surface area contributed by atoms with Gasteiger partial charge in [-0.25, -0.2) is 4.39 Å². The Kier molecular flexibility index (Phi) is 8.27. The quantitative estimate of drug-likeness (QED) is 0.696. The molecule has 0 amide bonds. The van der Waals surface area contributed by atoms with E-state index in [2.05, 4.69) is 12.2 Å². The molecule has 0 spiro atoms. The molecule has 0 aliphatic heterocycles. The lowest BCUT2D eigenvalue weighted by Gasteiger charge is -2.28. The SMILES string of the molecule is CCCNC(C)c1c(F)cccc1N(CCO)CCOC. The van der Waals surface area contributed by atoms with E-state index in [1.807, 2.05) is 17.9 Å². The Bertz CT molecular complexity index is 415. The highest BCUT2D eigenvalue weighted by molar-refractivity contribution is 5.55. The maximum Gasteiger partial charge on any atom is 0.130 e. The van der Waals surface area contributed by atoms with Gasteiger partial charge in [-0.1, -0.05) is 13.0 Å². The third-order valence-corrected chi connectivity index (χ3v) is 3.44. The molecule has 120 valence electrons. The Morgan fingerprint density at radius 3 is 2.76 bits per heavy atom. The number of aliphatic hydroxyl groups excluding tert-OH is 1. The molecule has 5 heteroatoms. The standard InChI is InChI=1S/C16H27FN2O2/c1-4-8-18-13(2)16-14(17)6-5-7-15(16)19(9-11-20)10-12-21-3/h5-7,13,18,20H,4,8-12H2,1-3H3. The summed E-state index contributed by atoms with van der Waals surface area (Å²) in [7, 11) is 1.63. The number of hydrogen-bond acceptors (Lipinski definition) is 4. The maximum absolute atomic E-state index is 14.3. The van der Waals surface area contributed by atoms with Crippen molar-refractivity contribution in [1.82, 2.24) is 5.32 Å². The summed E-state index contributed by atoms with van der Waals surface area (Å²) in [6.45, 7) is 6.52. The van der Waals surface area contributed by atoms with Crippen LogP contribution in [0.4, 0.5) is 10.1 Å². The molecule has 1 aromatic rings. The van der Waals surface area contributed by atoms with Gasteiger partial charge in [-0.2, -0.15) is 0 Å². The van der Waals surface area contributed by atoms with Crippen molar-refractivity contribution in [3.05, 3.63) is 29.6 Å². The van der Waals surface area contributed by atoms with E-state index in [4.69, 9.17) is 4.74 Å². The number of aliphatic hydroxyl groups is 1. The fourth-order valence-corrected chi connectivity index (χ4v) is 2.37. The van der Waals surface area contributed by atoms with Crippen LogP contribution in [0.2, 0.25) is 0 Å². The topological polar surface area (TPSA) is 44.7 Å². The second-order valence-electron chi connectivity index (χ2n) is 5.05. The lowest BCUT2D eigenvalue weighted by atomic mass is 10.0. The first kappa shape index (κ1) is 17.9. The number of benzene rings is 1. The maximum atomic E-state index is 14.3. The molecule has 4 nitrogen and oxygen atoms in total. The van der Waals surface area contributed by atoms with E-state index < -0.39 is 0 Å². The third-order valence-electron chi connectivity index (χ3n) is 3.44. The number of halogens is 1. The van der Waals surface area contributed by atoms with Crippen molar-refractivity contribution >= 4 is 5.69 Å². The molecule has 1 unspecified atom stereocenters. The van der Waals surface area contributed by atoms with Crippen LogP contribution in [0.25, 0.3) is 0 Å². The number of methoxy groups -OCH3 is 1. The van der Waals surface area contributed by atoms with Crippen LogP contribution in [0.3, 0.4) is 0 Å². The van der Waals surface area contributed by atoms with E-state index in [1.165, 1.54) is 6.07 Å². The summed E-state index contributed by atoms with van der Waals surface area (Å²) in [6.07, 6.45) is 0.998.